The van der Waals surface area contributed by atoms with Gasteiger partial charge in [0, 0.05) is 11.4 Å². The molecular weight excluding hydrogens is 258 g/mol. The lowest BCUT2D eigenvalue weighted by atomic mass is 9.89. The Morgan fingerprint density at radius 1 is 1.53 bits per heavy atom. The minimum atomic E-state index is -0.375. The van der Waals surface area contributed by atoms with Crippen LogP contribution in [0, 0.1) is 5.92 Å². The molecule has 0 amide bonds. The van der Waals surface area contributed by atoms with E-state index in [2.05, 4.69) is 22.2 Å². The van der Waals surface area contributed by atoms with Gasteiger partial charge in [0.15, 0.2) is 0 Å². The van der Waals surface area contributed by atoms with Crippen molar-refractivity contribution < 1.29 is 5.11 Å². The number of aliphatic hydroxyl groups excluding tert-OH is 1. The number of nitrogens with zero attached hydrogens (tertiary/aromatic N) is 2. The van der Waals surface area contributed by atoms with Crippen molar-refractivity contribution in [2.75, 3.05) is 11.9 Å². The first-order chi connectivity index (χ1) is 9.15. The minimum Gasteiger partial charge on any atom is -0.392 e. The highest BCUT2D eigenvalue weighted by Crippen LogP contribution is 2.39. The molecule has 0 saturated heterocycles. The molecular formula is C14H19N3OS. The van der Waals surface area contributed by atoms with Gasteiger partial charge < -0.3 is 10.4 Å². The van der Waals surface area contributed by atoms with Gasteiger partial charge in [-0.05, 0) is 37.7 Å². The molecule has 0 saturated carbocycles. The number of hydrogen-bond donors (Lipinski definition) is 2. The Labute approximate surface area is 116 Å². The van der Waals surface area contributed by atoms with Gasteiger partial charge in [-0.3, -0.25) is 0 Å². The number of anilines is 1. The van der Waals surface area contributed by atoms with Crippen LogP contribution in [-0.2, 0) is 12.8 Å². The lowest BCUT2D eigenvalue weighted by molar-refractivity contribution is 0.208. The second-order valence-corrected chi connectivity index (χ2v) is 6.57. The SMILES string of the molecule is C[C@H]1CCc2c(sc3ncnc(NC[C@@H](C)O)c23)C1. The highest BCUT2D eigenvalue weighted by atomic mass is 32.1. The van der Waals surface area contributed by atoms with Gasteiger partial charge in [-0.25, -0.2) is 9.97 Å². The monoisotopic (exact) mass is 277 g/mol. The van der Waals surface area contributed by atoms with E-state index >= 15 is 0 Å². The van der Waals surface area contributed by atoms with Crippen LogP contribution in [0.5, 0.6) is 0 Å². The Balaban J connectivity index is 2.03. The van der Waals surface area contributed by atoms with Gasteiger partial charge in [0.05, 0.1) is 11.5 Å². The summed E-state index contributed by atoms with van der Waals surface area (Å²) in [5.74, 6) is 1.64. The van der Waals surface area contributed by atoms with E-state index in [0.29, 0.717) is 6.54 Å². The molecule has 1 aliphatic rings. The van der Waals surface area contributed by atoms with Crippen molar-refractivity contribution in [2.24, 2.45) is 5.92 Å². The fourth-order valence-electron chi connectivity index (χ4n) is 2.65. The maximum atomic E-state index is 9.41. The highest BCUT2D eigenvalue weighted by molar-refractivity contribution is 7.19. The van der Waals surface area contributed by atoms with Crippen LogP contribution in [0.3, 0.4) is 0 Å². The van der Waals surface area contributed by atoms with E-state index < -0.39 is 0 Å². The average Bonchev–Trinajstić information content (AvgIpc) is 2.73. The van der Waals surface area contributed by atoms with Crippen LogP contribution in [0.2, 0.25) is 0 Å². The third-order valence-electron chi connectivity index (χ3n) is 3.66. The zero-order chi connectivity index (χ0) is 13.4. The van der Waals surface area contributed by atoms with E-state index in [-0.39, 0.29) is 6.10 Å². The molecule has 3 rings (SSSR count). The Morgan fingerprint density at radius 3 is 3.16 bits per heavy atom. The predicted molar refractivity (Wildman–Crippen MR) is 78.8 cm³/mol. The molecule has 19 heavy (non-hydrogen) atoms. The largest absolute Gasteiger partial charge is 0.392 e. The first-order valence-corrected chi connectivity index (χ1v) is 7.64. The lowest BCUT2D eigenvalue weighted by Crippen LogP contribution is -2.16. The molecule has 2 aromatic heterocycles. The first kappa shape index (κ1) is 12.8. The van der Waals surface area contributed by atoms with Crippen molar-refractivity contribution in [1.29, 1.82) is 0 Å². The Bertz CT molecular complexity index is 594. The summed E-state index contributed by atoms with van der Waals surface area (Å²) in [6.45, 7) is 4.61. The van der Waals surface area contributed by atoms with E-state index in [9.17, 15) is 5.11 Å². The van der Waals surface area contributed by atoms with E-state index in [0.717, 1.165) is 29.4 Å². The topological polar surface area (TPSA) is 58.0 Å². The van der Waals surface area contributed by atoms with Crippen LogP contribution < -0.4 is 5.32 Å². The number of fused-ring (bicyclic) bond motifs is 3. The number of nitrogens with one attached hydrogen (secondary N) is 1. The van der Waals surface area contributed by atoms with Gasteiger partial charge in [-0.1, -0.05) is 6.92 Å². The van der Waals surface area contributed by atoms with E-state index in [1.54, 1.807) is 24.6 Å². The molecule has 0 aliphatic heterocycles. The standard InChI is InChI=1S/C14H19N3OS/c1-8-3-4-10-11(5-8)19-14-12(10)13(16-7-17-14)15-6-9(2)18/h7-9,18H,3-6H2,1-2H3,(H,15,16,17)/t8-,9+/m0/s1. The zero-order valence-corrected chi connectivity index (χ0v) is 12.1. The van der Waals surface area contributed by atoms with Crippen LogP contribution in [-0.4, -0.2) is 27.7 Å². The fraction of sp³-hybridized carbons (Fsp3) is 0.571. The van der Waals surface area contributed by atoms with Crippen molar-refractivity contribution in [3.63, 3.8) is 0 Å². The number of aromatic nitrogens is 2. The number of thiophene rings is 1. The van der Waals surface area contributed by atoms with Crippen molar-refractivity contribution in [1.82, 2.24) is 9.97 Å². The highest BCUT2D eigenvalue weighted by Gasteiger charge is 2.22. The van der Waals surface area contributed by atoms with E-state index in [4.69, 9.17) is 0 Å². The van der Waals surface area contributed by atoms with Crippen molar-refractivity contribution in [3.8, 4) is 0 Å². The van der Waals surface area contributed by atoms with Crippen molar-refractivity contribution in [2.45, 2.75) is 39.2 Å². The molecule has 2 N–H and O–H groups in total. The van der Waals surface area contributed by atoms with E-state index in [1.807, 2.05) is 0 Å². The molecule has 0 spiro atoms. The fourth-order valence-corrected chi connectivity index (χ4v) is 4.00. The van der Waals surface area contributed by atoms with Crippen LogP contribution in [0.25, 0.3) is 10.2 Å². The molecule has 0 unspecified atom stereocenters. The predicted octanol–water partition coefficient (Wildman–Crippen LogP) is 2.61. The second kappa shape index (κ2) is 5.06. The molecule has 0 bridgehead atoms. The van der Waals surface area contributed by atoms with Crippen LogP contribution in [0.1, 0.15) is 30.7 Å². The van der Waals surface area contributed by atoms with Crippen LogP contribution >= 0.6 is 11.3 Å². The Kier molecular flexibility index (Phi) is 3.41. The maximum absolute atomic E-state index is 9.41. The minimum absolute atomic E-state index is 0.375. The summed E-state index contributed by atoms with van der Waals surface area (Å²) in [4.78, 5) is 11.3. The van der Waals surface area contributed by atoms with Crippen molar-refractivity contribution >= 4 is 27.4 Å². The van der Waals surface area contributed by atoms with Gasteiger partial charge in [-0.2, -0.15) is 0 Å². The van der Waals surface area contributed by atoms with Gasteiger partial charge in [0.1, 0.15) is 17.0 Å². The molecule has 0 aromatic carbocycles. The Morgan fingerprint density at radius 2 is 2.37 bits per heavy atom. The normalized spacial score (nSPS) is 20.3. The smallest absolute Gasteiger partial charge is 0.138 e. The molecule has 4 nitrogen and oxygen atoms in total. The van der Waals surface area contributed by atoms with Crippen LogP contribution in [0.15, 0.2) is 6.33 Å². The van der Waals surface area contributed by atoms with Gasteiger partial charge in [0.2, 0.25) is 0 Å². The molecule has 2 heterocycles. The lowest BCUT2D eigenvalue weighted by Gasteiger charge is -2.18. The maximum Gasteiger partial charge on any atom is 0.138 e. The second-order valence-electron chi connectivity index (χ2n) is 5.48. The summed E-state index contributed by atoms with van der Waals surface area (Å²) in [6.07, 6.45) is 4.75. The van der Waals surface area contributed by atoms with Crippen LogP contribution in [0.4, 0.5) is 5.82 Å². The number of aryl methyl sites for hydroxylation is 1. The van der Waals surface area contributed by atoms with Crippen molar-refractivity contribution in [3.05, 3.63) is 16.8 Å². The summed E-state index contributed by atoms with van der Waals surface area (Å²) in [7, 11) is 0. The quantitative estimate of drug-likeness (QED) is 0.905. The third-order valence-corrected chi connectivity index (χ3v) is 4.82. The van der Waals surface area contributed by atoms with Gasteiger partial charge in [0.25, 0.3) is 0 Å². The zero-order valence-electron chi connectivity index (χ0n) is 11.3. The number of aliphatic hydroxyl groups is 1. The first-order valence-electron chi connectivity index (χ1n) is 6.82. The summed E-state index contributed by atoms with van der Waals surface area (Å²) in [5.41, 5.74) is 1.42. The Hall–Kier alpha value is -1.20. The molecule has 2 atom stereocenters. The number of rotatable bonds is 3. The molecule has 0 radical (unpaired) electrons. The van der Waals surface area contributed by atoms with E-state index in [1.165, 1.54) is 22.2 Å². The molecule has 2 aromatic rings. The summed E-state index contributed by atoms with van der Waals surface area (Å²) in [6, 6.07) is 0. The molecule has 1 aliphatic carbocycles. The summed E-state index contributed by atoms with van der Waals surface area (Å²) in [5, 5.41) is 13.8. The average molecular weight is 277 g/mol. The molecule has 102 valence electrons. The van der Waals surface area contributed by atoms with Gasteiger partial charge in [-0.15, -0.1) is 11.3 Å². The molecule has 0 fully saturated rings. The number of hydrogen-bond acceptors (Lipinski definition) is 5. The summed E-state index contributed by atoms with van der Waals surface area (Å²) >= 11 is 1.80. The summed E-state index contributed by atoms with van der Waals surface area (Å²) < 4.78 is 0. The van der Waals surface area contributed by atoms with Gasteiger partial charge >= 0.3 is 0 Å². The third kappa shape index (κ3) is 2.44. The molecule has 5 heteroatoms.